The van der Waals surface area contributed by atoms with Crippen LogP contribution in [0.15, 0.2) is 40.3 Å². The van der Waals surface area contributed by atoms with Crippen molar-refractivity contribution in [3.05, 3.63) is 56.6 Å². The van der Waals surface area contributed by atoms with Crippen LogP contribution in [0.25, 0.3) is 16.9 Å². The van der Waals surface area contributed by atoms with E-state index in [9.17, 15) is 9.18 Å². The van der Waals surface area contributed by atoms with Gasteiger partial charge in [0.2, 0.25) is 0 Å². The minimum atomic E-state index is -0.341. The first-order chi connectivity index (χ1) is 10.1. The van der Waals surface area contributed by atoms with Crippen LogP contribution >= 0.6 is 27.3 Å². The third kappa shape index (κ3) is 2.69. The number of rotatable bonds is 3. The average molecular weight is 365 g/mol. The fourth-order valence-corrected chi connectivity index (χ4v) is 3.81. The van der Waals surface area contributed by atoms with Crippen LogP contribution in [0, 0.1) is 12.7 Å². The smallest absolute Gasteiger partial charge is 0.153 e. The van der Waals surface area contributed by atoms with Crippen molar-refractivity contribution in [1.29, 1.82) is 0 Å². The lowest BCUT2D eigenvalue weighted by molar-refractivity contribution is 0.112. The zero-order valence-corrected chi connectivity index (χ0v) is 13.4. The number of aromatic nitrogens is 2. The number of carbonyl (C=O) groups excluding carboxylic acids is 1. The molecule has 2 aromatic heterocycles. The van der Waals surface area contributed by atoms with Crippen molar-refractivity contribution in [2.75, 3.05) is 0 Å². The number of halogens is 2. The van der Waals surface area contributed by atoms with E-state index in [4.69, 9.17) is 0 Å². The van der Waals surface area contributed by atoms with Crippen molar-refractivity contribution >= 4 is 33.6 Å². The van der Waals surface area contributed by atoms with Crippen LogP contribution in [0.2, 0.25) is 0 Å². The Morgan fingerprint density at radius 1 is 1.38 bits per heavy atom. The number of aldehydes is 1. The van der Waals surface area contributed by atoms with Gasteiger partial charge in [-0.05, 0) is 47.1 Å². The number of aryl methyl sites for hydroxylation is 1. The Kier molecular flexibility index (Phi) is 3.73. The quantitative estimate of drug-likeness (QED) is 0.635. The largest absolute Gasteiger partial charge is 0.298 e. The molecule has 0 unspecified atom stereocenters. The molecular weight excluding hydrogens is 355 g/mol. The number of hydrogen-bond donors (Lipinski definition) is 0. The molecule has 0 aliphatic rings. The van der Waals surface area contributed by atoms with Crippen LogP contribution in [0.3, 0.4) is 0 Å². The van der Waals surface area contributed by atoms with E-state index in [0.717, 1.165) is 20.5 Å². The van der Waals surface area contributed by atoms with Crippen LogP contribution in [0.5, 0.6) is 0 Å². The molecule has 0 amide bonds. The van der Waals surface area contributed by atoms with Crippen molar-refractivity contribution in [1.82, 2.24) is 9.78 Å². The Hall–Kier alpha value is -1.79. The second kappa shape index (κ2) is 5.54. The van der Waals surface area contributed by atoms with Crippen molar-refractivity contribution in [3.63, 3.8) is 0 Å². The van der Waals surface area contributed by atoms with Crippen LogP contribution in [0.4, 0.5) is 4.39 Å². The number of hydrogen-bond acceptors (Lipinski definition) is 3. The van der Waals surface area contributed by atoms with Gasteiger partial charge in [-0.2, -0.15) is 5.10 Å². The first-order valence-electron chi connectivity index (χ1n) is 6.15. The van der Waals surface area contributed by atoms with Gasteiger partial charge in [-0.1, -0.05) is 6.07 Å². The van der Waals surface area contributed by atoms with Crippen LogP contribution in [-0.2, 0) is 0 Å². The van der Waals surface area contributed by atoms with E-state index in [2.05, 4.69) is 21.0 Å². The summed E-state index contributed by atoms with van der Waals surface area (Å²) in [7, 11) is 0. The highest BCUT2D eigenvalue weighted by atomic mass is 79.9. The molecule has 0 fully saturated rings. The molecule has 0 aliphatic heterocycles. The van der Waals surface area contributed by atoms with Gasteiger partial charge in [0.25, 0.3) is 0 Å². The zero-order valence-electron chi connectivity index (χ0n) is 11.0. The lowest BCUT2D eigenvalue weighted by Gasteiger charge is -2.00. The summed E-state index contributed by atoms with van der Waals surface area (Å²) >= 11 is 5.02. The van der Waals surface area contributed by atoms with E-state index in [1.54, 1.807) is 29.7 Å². The second-order valence-electron chi connectivity index (χ2n) is 4.50. The number of benzene rings is 1. The molecule has 106 valence electrons. The van der Waals surface area contributed by atoms with E-state index in [-0.39, 0.29) is 5.82 Å². The molecule has 0 spiro atoms. The summed E-state index contributed by atoms with van der Waals surface area (Å²) in [6.45, 7) is 1.97. The summed E-state index contributed by atoms with van der Waals surface area (Å²) in [6, 6.07) is 8.03. The molecule has 3 nitrogen and oxygen atoms in total. The SMILES string of the molecule is Cc1sc(Br)cc1-c1nn(-c2cccc(F)c2)cc1C=O. The number of carbonyl (C=O) groups is 1. The fourth-order valence-electron chi connectivity index (χ4n) is 2.11. The minimum Gasteiger partial charge on any atom is -0.298 e. The van der Waals surface area contributed by atoms with Gasteiger partial charge in [-0.3, -0.25) is 4.79 Å². The molecule has 0 aliphatic carbocycles. The third-order valence-corrected chi connectivity index (χ3v) is 4.64. The van der Waals surface area contributed by atoms with Gasteiger partial charge >= 0.3 is 0 Å². The molecule has 0 saturated carbocycles. The topological polar surface area (TPSA) is 34.9 Å². The van der Waals surface area contributed by atoms with E-state index < -0.39 is 0 Å². The van der Waals surface area contributed by atoms with Crippen molar-refractivity contribution < 1.29 is 9.18 Å². The van der Waals surface area contributed by atoms with E-state index in [1.165, 1.54) is 16.8 Å². The summed E-state index contributed by atoms with van der Waals surface area (Å²) in [5, 5.41) is 4.44. The first kappa shape index (κ1) is 14.2. The fraction of sp³-hybridized carbons (Fsp3) is 0.0667. The Morgan fingerprint density at radius 3 is 2.81 bits per heavy atom. The highest BCUT2D eigenvalue weighted by Crippen LogP contribution is 2.34. The summed E-state index contributed by atoms with van der Waals surface area (Å²) < 4.78 is 15.8. The van der Waals surface area contributed by atoms with Gasteiger partial charge in [0.1, 0.15) is 11.5 Å². The highest BCUT2D eigenvalue weighted by molar-refractivity contribution is 9.11. The van der Waals surface area contributed by atoms with E-state index >= 15 is 0 Å². The molecular formula is C15H10BrFN2OS. The maximum absolute atomic E-state index is 13.3. The van der Waals surface area contributed by atoms with Crippen LogP contribution < -0.4 is 0 Å². The second-order valence-corrected chi connectivity index (χ2v) is 7.13. The van der Waals surface area contributed by atoms with Crippen LogP contribution in [0.1, 0.15) is 15.2 Å². The molecule has 6 heteroatoms. The Bertz CT molecular complexity index is 825. The Labute approximate surface area is 133 Å². The zero-order chi connectivity index (χ0) is 15.0. The normalized spacial score (nSPS) is 10.8. The van der Waals surface area contributed by atoms with Gasteiger partial charge in [-0.25, -0.2) is 9.07 Å². The van der Waals surface area contributed by atoms with Crippen LogP contribution in [-0.4, -0.2) is 16.1 Å². The minimum absolute atomic E-state index is 0.341. The summed E-state index contributed by atoms with van der Waals surface area (Å²) in [6.07, 6.45) is 2.38. The van der Waals surface area contributed by atoms with Crippen molar-refractivity contribution in [3.8, 4) is 16.9 Å². The van der Waals surface area contributed by atoms with E-state index in [0.29, 0.717) is 16.9 Å². The lowest BCUT2D eigenvalue weighted by Crippen LogP contribution is -1.95. The van der Waals surface area contributed by atoms with Crippen molar-refractivity contribution in [2.45, 2.75) is 6.92 Å². The number of thiophene rings is 1. The van der Waals surface area contributed by atoms with E-state index in [1.807, 2.05) is 13.0 Å². The van der Waals surface area contributed by atoms with Gasteiger partial charge in [-0.15, -0.1) is 11.3 Å². The molecule has 3 rings (SSSR count). The van der Waals surface area contributed by atoms with Gasteiger partial charge in [0.05, 0.1) is 15.0 Å². The molecule has 21 heavy (non-hydrogen) atoms. The first-order valence-corrected chi connectivity index (χ1v) is 7.76. The monoisotopic (exact) mass is 364 g/mol. The summed E-state index contributed by atoms with van der Waals surface area (Å²) in [4.78, 5) is 12.4. The lowest BCUT2D eigenvalue weighted by atomic mass is 10.1. The molecule has 2 heterocycles. The maximum atomic E-state index is 13.3. The maximum Gasteiger partial charge on any atom is 0.153 e. The predicted octanol–water partition coefficient (Wildman–Crippen LogP) is 4.62. The summed E-state index contributed by atoms with van der Waals surface area (Å²) in [5.41, 5.74) is 2.57. The molecule has 0 saturated heterocycles. The molecule has 3 aromatic rings. The Morgan fingerprint density at radius 2 is 2.19 bits per heavy atom. The summed E-state index contributed by atoms with van der Waals surface area (Å²) in [5.74, 6) is -0.341. The molecule has 0 bridgehead atoms. The molecule has 0 radical (unpaired) electrons. The molecule has 0 atom stereocenters. The predicted molar refractivity (Wildman–Crippen MR) is 84.7 cm³/mol. The third-order valence-electron chi connectivity index (χ3n) is 3.09. The molecule has 1 aromatic carbocycles. The number of nitrogens with zero attached hydrogens (tertiary/aromatic N) is 2. The van der Waals surface area contributed by atoms with Gasteiger partial charge < -0.3 is 0 Å². The Balaban J connectivity index is 2.15. The van der Waals surface area contributed by atoms with Gasteiger partial charge in [0, 0.05) is 16.6 Å². The molecule has 0 N–H and O–H groups in total. The standard InChI is InChI=1S/C15H10BrFN2OS/c1-9-13(6-14(16)21-9)15-10(8-20)7-19(18-15)12-4-2-3-11(17)5-12/h2-8H,1H3. The van der Waals surface area contributed by atoms with Gasteiger partial charge in [0.15, 0.2) is 6.29 Å². The average Bonchev–Trinajstić information content (AvgIpc) is 3.01. The van der Waals surface area contributed by atoms with Crippen molar-refractivity contribution in [2.24, 2.45) is 0 Å². The highest BCUT2D eigenvalue weighted by Gasteiger charge is 2.16.